The van der Waals surface area contributed by atoms with Crippen LogP contribution in [0.1, 0.15) is 0 Å². The van der Waals surface area contributed by atoms with Gasteiger partial charge >= 0.3 is 0 Å². The zero-order chi connectivity index (χ0) is 16.0. The van der Waals surface area contributed by atoms with E-state index in [1.807, 2.05) is 0 Å². The number of aliphatic hydroxyl groups is 6. The van der Waals surface area contributed by atoms with Crippen LogP contribution in [-0.4, -0.2) is 105 Å². The molecular formula is C12H20O10. The number of hydrogen-bond donors (Lipinski definition) is 6. The number of hydrogen-bond acceptors (Lipinski definition) is 10. The van der Waals surface area contributed by atoms with Crippen molar-refractivity contribution in [2.24, 2.45) is 0 Å². The molecule has 2 bridgehead atoms. The van der Waals surface area contributed by atoms with Crippen molar-refractivity contribution in [1.82, 2.24) is 0 Å². The second kappa shape index (κ2) is 6.24. The van der Waals surface area contributed by atoms with E-state index in [0.29, 0.717) is 0 Å². The van der Waals surface area contributed by atoms with E-state index in [9.17, 15) is 25.5 Å². The molecule has 10 nitrogen and oxygen atoms in total. The van der Waals surface area contributed by atoms with Crippen molar-refractivity contribution in [2.75, 3.05) is 13.2 Å². The lowest BCUT2D eigenvalue weighted by molar-refractivity contribution is -0.337. The molecule has 0 aromatic carbocycles. The minimum absolute atomic E-state index is 0.0842. The third kappa shape index (κ3) is 2.65. The van der Waals surface area contributed by atoms with Gasteiger partial charge in [-0.2, -0.15) is 0 Å². The molecule has 0 unspecified atom stereocenters. The average Bonchev–Trinajstić information content (AvgIpc) is 2.96. The molecule has 0 saturated carbocycles. The molecular weight excluding hydrogens is 304 g/mol. The lowest BCUT2D eigenvalue weighted by atomic mass is 9.98. The first kappa shape index (κ1) is 16.5. The van der Waals surface area contributed by atoms with Crippen LogP contribution in [0.25, 0.3) is 0 Å². The molecule has 0 aromatic heterocycles. The Kier molecular flexibility index (Phi) is 4.67. The SMILES string of the molecule is OC[C@@H]1O[C@@H](O[C@@H]2[C@@H](O)[C@H](O)[C@@H]3OC[C@H]2O3)[C@@H](O)[C@H](O)[C@@H]1O. The van der Waals surface area contributed by atoms with Gasteiger partial charge in [0, 0.05) is 0 Å². The van der Waals surface area contributed by atoms with E-state index in [-0.39, 0.29) is 6.61 Å². The minimum atomic E-state index is -1.60. The maximum absolute atomic E-state index is 10.0. The van der Waals surface area contributed by atoms with Crippen molar-refractivity contribution < 1.29 is 49.6 Å². The maximum atomic E-state index is 10.0. The van der Waals surface area contributed by atoms with Gasteiger partial charge in [0.05, 0.1) is 13.2 Å². The van der Waals surface area contributed by atoms with Crippen molar-refractivity contribution in [3.8, 4) is 0 Å². The third-order valence-electron chi connectivity index (χ3n) is 4.21. The summed E-state index contributed by atoms with van der Waals surface area (Å²) in [5.74, 6) is 0. The second-order valence-corrected chi connectivity index (χ2v) is 5.66. The van der Waals surface area contributed by atoms with Gasteiger partial charge in [-0.05, 0) is 0 Å². The Morgan fingerprint density at radius 3 is 2.27 bits per heavy atom. The summed E-state index contributed by atoms with van der Waals surface area (Å²) >= 11 is 0. The fourth-order valence-corrected chi connectivity index (χ4v) is 2.87. The average molecular weight is 324 g/mol. The highest BCUT2D eigenvalue weighted by atomic mass is 16.8. The number of ether oxygens (including phenoxy) is 4. The first-order valence-corrected chi connectivity index (χ1v) is 7.03. The standard InChI is InChI=1S/C12H20O10/c13-1-3-5(14)6(15)8(17)12(20-3)22-10-4-2-19-11(21-4)9(18)7(10)16/h3-18H,1-2H2/t3-,4+,5+,6+,7-,8-,9-,10-,11+,12-/m0/s1. The summed E-state index contributed by atoms with van der Waals surface area (Å²) in [5.41, 5.74) is 0. The molecule has 3 aliphatic heterocycles. The molecule has 3 aliphatic rings. The maximum Gasteiger partial charge on any atom is 0.187 e. The largest absolute Gasteiger partial charge is 0.394 e. The third-order valence-corrected chi connectivity index (χ3v) is 4.21. The van der Waals surface area contributed by atoms with E-state index < -0.39 is 68.0 Å². The molecule has 3 saturated heterocycles. The molecule has 22 heavy (non-hydrogen) atoms. The van der Waals surface area contributed by atoms with Gasteiger partial charge in [-0.25, -0.2) is 0 Å². The zero-order valence-electron chi connectivity index (χ0n) is 11.5. The predicted molar refractivity (Wildman–Crippen MR) is 65.3 cm³/mol. The fraction of sp³-hybridized carbons (Fsp3) is 1.00. The van der Waals surface area contributed by atoms with Crippen molar-refractivity contribution in [3.63, 3.8) is 0 Å². The molecule has 3 heterocycles. The molecule has 3 rings (SSSR count). The van der Waals surface area contributed by atoms with Gasteiger partial charge in [-0.15, -0.1) is 0 Å². The fourth-order valence-electron chi connectivity index (χ4n) is 2.87. The van der Waals surface area contributed by atoms with Gasteiger partial charge in [-0.3, -0.25) is 0 Å². The van der Waals surface area contributed by atoms with Crippen molar-refractivity contribution in [1.29, 1.82) is 0 Å². The van der Waals surface area contributed by atoms with E-state index in [1.54, 1.807) is 0 Å². The summed E-state index contributed by atoms with van der Waals surface area (Å²) < 4.78 is 21.1. The van der Waals surface area contributed by atoms with Crippen LogP contribution in [0, 0.1) is 0 Å². The van der Waals surface area contributed by atoms with Crippen LogP contribution in [0.3, 0.4) is 0 Å². The summed E-state index contributed by atoms with van der Waals surface area (Å²) in [4.78, 5) is 0. The van der Waals surface area contributed by atoms with Crippen molar-refractivity contribution >= 4 is 0 Å². The Morgan fingerprint density at radius 1 is 0.864 bits per heavy atom. The van der Waals surface area contributed by atoms with Crippen LogP contribution in [0.15, 0.2) is 0 Å². The van der Waals surface area contributed by atoms with Crippen LogP contribution < -0.4 is 0 Å². The topological polar surface area (TPSA) is 158 Å². The van der Waals surface area contributed by atoms with Gasteiger partial charge < -0.3 is 49.6 Å². The Bertz CT molecular complexity index is 392. The molecule has 6 N–H and O–H groups in total. The molecule has 0 aromatic rings. The van der Waals surface area contributed by atoms with Crippen LogP contribution in [0.2, 0.25) is 0 Å². The first-order chi connectivity index (χ1) is 10.4. The predicted octanol–water partition coefficient (Wildman–Crippen LogP) is -4.35. The van der Waals surface area contributed by atoms with E-state index >= 15 is 0 Å². The lowest BCUT2D eigenvalue weighted by Crippen LogP contribution is -2.62. The van der Waals surface area contributed by atoms with Crippen LogP contribution in [0.5, 0.6) is 0 Å². The van der Waals surface area contributed by atoms with Gasteiger partial charge in [0.2, 0.25) is 0 Å². The number of rotatable bonds is 3. The van der Waals surface area contributed by atoms with E-state index in [0.717, 1.165) is 0 Å². The summed E-state index contributed by atoms with van der Waals surface area (Å²) in [6.45, 7) is -0.507. The Hall–Kier alpha value is -0.400. The Morgan fingerprint density at radius 2 is 1.59 bits per heavy atom. The molecule has 0 aliphatic carbocycles. The minimum Gasteiger partial charge on any atom is -0.394 e. The van der Waals surface area contributed by atoms with E-state index in [2.05, 4.69) is 0 Å². The highest BCUT2D eigenvalue weighted by molar-refractivity contribution is 4.96. The molecule has 0 amide bonds. The van der Waals surface area contributed by atoms with Crippen LogP contribution in [0.4, 0.5) is 0 Å². The molecule has 10 heteroatoms. The quantitative estimate of drug-likeness (QED) is 0.299. The summed E-state index contributed by atoms with van der Waals surface area (Å²) in [7, 11) is 0. The van der Waals surface area contributed by atoms with Gasteiger partial charge in [-0.1, -0.05) is 0 Å². The van der Waals surface area contributed by atoms with Crippen molar-refractivity contribution in [3.05, 3.63) is 0 Å². The normalized spacial score (nSPS) is 55.4. The highest BCUT2D eigenvalue weighted by Gasteiger charge is 2.53. The van der Waals surface area contributed by atoms with Crippen LogP contribution >= 0.6 is 0 Å². The summed E-state index contributed by atoms with van der Waals surface area (Å²) in [5, 5.41) is 58.3. The number of aliphatic hydroxyl groups excluding tert-OH is 6. The Labute approximate surface area is 125 Å². The molecule has 128 valence electrons. The lowest BCUT2D eigenvalue weighted by Gasteiger charge is -2.43. The number of fused-ring (bicyclic) bond motifs is 2. The molecule has 0 spiro atoms. The van der Waals surface area contributed by atoms with Gasteiger partial charge in [0.15, 0.2) is 12.6 Å². The van der Waals surface area contributed by atoms with Crippen molar-refractivity contribution in [2.45, 2.75) is 61.4 Å². The van der Waals surface area contributed by atoms with Gasteiger partial charge in [0.25, 0.3) is 0 Å². The summed E-state index contributed by atoms with van der Waals surface area (Å²) in [6.07, 6.45) is -12.5. The smallest absolute Gasteiger partial charge is 0.187 e. The zero-order valence-corrected chi connectivity index (χ0v) is 11.5. The van der Waals surface area contributed by atoms with Crippen LogP contribution in [-0.2, 0) is 18.9 Å². The summed E-state index contributed by atoms with van der Waals surface area (Å²) in [6, 6.07) is 0. The molecule has 10 atom stereocenters. The highest BCUT2D eigenvalue weighted by Crippen LogP contribution is 2.32. The first-order valence-electron chi connectivity index (χ1n) is 7.03. The van der Waals surface area contributed by atoms with E-state index in [4.69, 9.17) is 24.1 Å². The van der Waals surface area contributed by atoms with E-state index in [1.165, 1.54) is 0 Å². The molecule has 0 radical (unpaired) electrons. The van der Waals surface area contributed by atoms with Gasteiger partial charge in [0.1, 0.15) is 48.8 Å². The Balaban J connectivity index is 1.71. The molecule has 3 fully saturated rings. The monoisotopic (exact) mass is 324 g/mol. The second-order valence-electron chi connectivity index (χ2n) is 5.66.